The minimum Gasteiger partial charge on any atom is -0.457 e. The first-order valence-electron chi connectivity index (χ1n) is 21.5. The lowest BCUT2D eigenvalue weighted by atomic mass is 9.81. The Balaban J connectivity index is 1.44. The first-order valence-corrected chi connectivity index (χ1v) is 24.4. The lowest BCUT2D eigenvalue weighted by Gasteiger charge is -2.27. The maximum Gasteiger partial charge on any atom is 0.294 e. The van der Waals surface area contributed by atoms with Crippen LogP contribution in [0.3, 0.4) is 0 Å². The molecule has 2 heterocycles. The van der Waals surface area contributed by atoms with Gasteiger partial charge in [0.05, 0.1) is 15.2 Å². The number of carbonyl (C=O) groups is 1. The van der Waals surface area contributed by atoms with Crippen molar-refractivity contribution in [1.29, 1.82) is 0 Å². The number of carbonyl (C=O) groups excluding carboxylic acids is 1. The number of nitrogens with zero attached hydrogens (tertiary/aromatic N) is 2. The minimum absolute atomic E-state index is 0.00604. The number of Topliss-reactive ketones (excluding diaryl/α,β-unsaturated/α-hetero) is 1. The van der Waals surface area contributed by atoms with Gasteiger partial charge in [0, 0.05) is 59.8 Å². The number of ketones is 1. The third-order valence-electron chi connectivity index (χ3n) is 12.3. The van der Waals surface area contributed by atoms with Gasteiger partial charge in [-0.2, -0.15) is 21.4 Å². The van der Waals surface area contributed by atoms with Gasteiger partial charge in [-0.3, -0.25) is 13.9 Å². The summed E-state index contributed by atoms with van der Waals surface area (Å²) in [6, 6.07) is 19.1. The molecule has 0 saturated heterocycles. The van der Waals surface area contributed by atoms with Crippen molar-refractivity contribution in [2.45, 2.75) is 127 Å². The zero-order valence-electron chi connectivity index (χ0n) is 36.6. The summed E-state index contributed by atoms with van der Waals surface area (Å²) in [5.41, 5.74) is 7.35. The molecule has 0 spiro atoms. The molecule has 0 atom stereocenters. The van der Waals surface area contributed by atoms with Gasteiger partial charge in [-0.1, -0.05) is 71.7 Å². The molecule has 0 bridgehead atoms. The van der Waals surface area contributed by atoms with Crippen LogP contribution in [0.1, 0.15) is 117 Å². The van der Waals surface area contributed by atoms with Crippen LogP contribution < -0.4 is 9.64 Å². The molecule has 0 fully saturated rings. The van der Waals surface area contributed by atoms with Crippen LogP contribution in [0.4, 0.5) is 11.4 Å². The lowest BCUT2D eigenvalue weighted by molar-refractivity contribution is -0.438. The van der Waals surface area contributed by atoms with E-state index in [0.717, 1.165) is 79.6 Å². The van der Waals surface area contributed by atoms with Crippen LogP contribution in [0.25, 0.3) is 0 Å². The summed E-state index contributed by atoms with van der Waals surface area (Å²) in [7, 11) is -8.83. The maximum atomic E-state index is 12.3. The summed E-state index contributed by atoms with van der Waals surface area (Å²) in [5.74, 6) is 1.34. The summed E-state index contributed by atoms with van der Waals surface area (Å²) < 4.78 is 77.1. The topological polar surface area (TPSA) is 141 Å². The highest BCUT2D eigenvalue weighted by Crippen LogP contribution is 2.49. The summed E-state index contributed by atoms with van der Waals surface area (Å²) >= 11 is 0. The Labute approximate surface area is 362 Å². The Morgan fingerprint density at radius 2 is 1.51 bits per heavy atom. The van der Waals surface area contributed by atoms with E-state index >= 15 is 0 Å². The van der Waals surface area contributed by atoms with Crippen LogP contribution in [0, 0.1) is 5.92 Å². The largest absolute Gasteiger partial charge is 0.457 e. The van der Waals surface area contributed by atoms with E-state index < -0.39 is 25.7 Å². The van der Waals surface area contributed by atoms with Crippen molar-refractivity contribution in [1.82, 2.24) is 0 Å². The SMILES string of the molecule is CCCC[N+]1=C(C=CC2=C(Oc3ccc(S(=O)(=O)O)cc3)C(=CC=C3N(CCCCCC(=O)C(C)C)c4ccc(S(=O)(=O)O)cc4C3(C)C)CCC2)C(C)(C)c2ccccc21. The predicted molar refractivity (Wildman–Crippen MR) is 242 cm³/mol. The van der Waals surface area contributed by atoms with Gasteiger partial charge in [-0.15, -0.1) is 0 Å². The highest BCUT2D eigenvalue weighted by molar-refractivity contribution is 7.86. The molecule has 326 valence electrons. The van der Waals surface area contributed by atoms with E-state index in [1.54, 1.807) is 24.3 Å². The van der Waals surface area contributed by atoms with Crippen LogP contribution >= 0.6 is 0 Å². The standard InChI is InChI=1S/C49H60N2O8S2/c1-8-9-31-50-42-19-13-12-18-40(42)48(4,5)45(50)29-21-35-16-15-17-36(47(35)59-37-23-25-38(26-24-37)60(53,54)55)22-30-46-49(6,7)41-33-39(61(56,57)58)27-28-43(41)51(46)32-14-10-11-20-44(52)34(2)3/h12-13,18-19,21-30,33-34H,8-11,14-17,20,31-32H2,1-7H3,(H-,53,54,55,56,57,58)/p+1. The van der Waals surface area contributed by atoms with Crippen molar-refractivity contribution >= 4 is 43.1 Å². The molecule has 61 heavy (non-hydrogen) atoms. The summed E-state index contributed by atoms with van der Waals surface area (Å²) in [4.78, 5) is 14.1. The van der Waals surface area contributed by atoms with Crippen molar-refractivity contribution in [3.05, 3.63) is 125 Å². The molecular formula is C49H61N2O8S2+. The first-order chi connectivity index (χ1) is 28.7. The van der Waals surface area contributed by atoms with Crippen LogP contribution in [0.2, 0.25) is 0 Å². The molecule has 3 aromatic rings. The average molecular weight is 870 g/mol. The quantitative estimate of drug-likeness (QED) is 0.0770. The van der Waals surface area contributed by atoms with E-state index in [9.17, 15) is 30.7 Å². The zero-order valence-corrected chi connectivity index (χ0v) is 38.2. The Kier molecular flexibility index (Phi) is 13.8. The number of benzene rings is 3. The summed E-state index contributed by atoms with van der Waals surface area (Å²) in [6.45, 7) is 16.2. The Hall–Kier alpha value is -4.62. The number of rotatable bonds is 17. The summed E-state index contributed by atoms with van der Waals surface area (Å²) in [6.07, 6.45) is 16.0. The maximum absolute atomic E-state index is 12.3. The van der Waals surface area contributed by atoms with Crippen molar-refractivity contribution in [3.63, 3.8) is 0 Å². The van der Waals surface area contributed by atoms with Gasteiger partial charge in [0.15, 0.2) is 5.71 Å². The highest BCUT2D eigenvalue weighted by Gasteiger charge is 2.44. The molecule has 12 heteroatoms. The monoisotopic (exact) mass is 869 g/mol. The molecule has 6 rings (SSSR count). The predicted octanol–water partition coefficient (Wildman–Crippen LogP) is 10.8. The van der Waals surface area contributed by atoms with Gasteiger partial charge in [0.25, 0.3) is 20.2 Å². The van der Waals surface area contributed by atoms with Gasteiger partial charge >= 0.3 is 0 Å². The lowest BCUT2D eigenvalue weighted by Crippen LogP contribution is -2.28. The van der Waals surface area contributed by atoms with Gasteiger partial charge in [0.1, 0.15) is 23.8 Å². The number of unbranched alkanes of at least 4 members (excludes halogenated alkanes) is 3. The second kappa shape index (κ2) is 18.4. The van der Waals surface area contributed by atoms with Gasteiger partial charge in [0.2, 0.25) is 5.69 Å². The Morgan fingerprint density at radius 1 is 0.820 bits per heavy atom. The number of para-hydroxylation sites is 1. The molecule has 2 N–H and O–H groups in total. The smallest absolute Gasteiger partial charge is 0.294 e. The van der Waals surface area contributed by atoms with E-state index in [1.165, 1.54) is 35.2 Å². The van der Waals surface area contributed by atoms with Crippen molar-refractivity contribution in [2.24, 2.45) is 5.92 Å². The van der Waals surface area contributed by atoms with Crippen molar-refractivity contribution in [2.75, 3.05) is 18.0 Å². The molecule has 0 amide bonds. The van der Waals surface area contributed by atoms with Crippen molar-refractivity contribution in [3.8, 4) is 5.75 Å². The van der Waals surface area contributed by atoms with Crippen molar-refractivity contribution < 1.29 is 40.0 Å². The fourth-order valence-corrected chi connectivity index (χ4v) is 9.78. The number of hydrogen-bond acceptors (Lipinski definition) is 7. The fourth-order valence-electron chi connectivity index (χ4n) is 8.80. The molecule has 2 aliphatic heterocycles. The molecule has 0 unspecified atom stereocenters. The zero-order chi connectivity index (χ0) is 44.3. The number of fused-ring (bicyclic) bond motifs is 2. The molecule has 0 aromatic heterocycles. The Morgan fingerprint density at radius 3 is 2.18 bits per heavy atom. The number of allylic oxidation sites excluding steroid dienone is 7. The van der Waals surface area contributed by atoms with E-state index in [-0.39, 0.29) is 26.9 Å². The van der Waals surface area contributed by atoms with E-state index in [4.69, 9.17) is 4.74 Å². The fraction of sp³-hybridized carbons (Fsp3) is 0.429. The number of hydrogen-bond donors (Lipinski definition) is 2. The molecule has 1 aliphatic carbocycles. The minimum atomic E-state index is -4.44. The van der Waals surface area contributed by atoms with Gasteiger partial charge in [-0.05, 0) is 117 Å². The number of ether oxygens (including phenoxy) is 1. The molecule has 0 saturated carbocycles. The molecule has 3 aromatic carbocycles. The van der Waals surface area contributed by atoms with E-state index in [1.807, 2.05) is 27.7 Å². The molecule has 10 nitrogen and oxygen atoms in total. The molecule has 3 aliphatic rings. The Bertz CT molecular complexity index is 2540. The normalized spacial score (nSPS) is 18.8. The third kappa shape index (κ3) is 10.0. The van der Waals surface area contributed by atoms with Gasteiger partial charge < -0.3 is 9.64 Å². The van der Waals surface area contributed by atoms with Crippen LogP contribution in [-0.2, 0) is 35.9 Å². The average Bonchev–Trinajstić information content (AvgIpc) is 3.55. The summed E-state index contributed by atoms with van der Waals surface area (Å²) in [5, 5.41) is 0. The molecular weight excluding hydrogens is 809 g/mol. The highest BCUT2D eigenvalue weighted by atomic mass is 32.2. The first kappa shape index (κ1) is 45.9. The number of anilines is 1. The van der Waals surface area contributed by atoms with Gasteiger partial charge in [-0.25, -0.2) is 0 Å². The van der Waals surface area contributed by atoms with E-state index in [2.05, 4.69) is 78.8 Å². The van der Waals surface area contributed by atoms with Crippen LogP contribution in [0.5, 0.6) is 5.75 Å². The van der Waals surface area contributed by atoms with E-state index in [0.29, 0.717) is 30.9 Å². The second-order valence-corrected chi connectivity index (χ2v) is 20.6. The third-order valence-corrected chi connectivity index (χ3v) is 14.1. The van der Waals surface area contributed by atoms with Crippen LogP contribution in [0.15, 0.2) is 123 Å². The molecule has 0 radical (unpaired) electrons. The second-order valence-electron chi connectivity index (χ2n) is 17.7. The van der Waals surface area contributed by atoms with Crippen LogP contribution in [-0.4, -0.2) is 55.1 Å².